The van der Waals surface area contributed by atoms with Crippen LogP contribution in [0.2, 0.25) is 0 Å². The molecular formula is C32H42O6. The molecule has 1 saturated heterocycles. The summed E-state index contributed by atoms with van der Waals surface area (Å²) in [5.74, 6) is -0.105. The summed E-state index contributed by atoms with van der Waals surface area (Å²) in [5, 5.41) is 0. The maximum absolute atomic E-state index is 13.0. The zero-order valence-electron chi connectivity index (χ0n) is 23.7. The van der Waals surface area contributed by atoms with Crippen molar-refractivity contribution < 1.29 is 28.6 Å². The molecule has 8 atom stereocenters. The Morgan fingerprint density at radius 3 is 2.50 bits per heavy atom. The molecule has 6 heteroatoms. The van der Waals surface area contributed by atoms with Crippen molar-refractivity contribution in [3.63, 3.8) is 0 Å². The molecule has 6 rings (SSSR count). The number of ether oxygens (including phenoxy) is 3. The highest BCUT2D eigenvalue weighted by Gasteiger charge is 2.65. The molecule has 0 spiro atoms. The van der Waals surface area contributed by atoms with Crippen LogP contribution in [0.25, 0.3) is 0 Å². The lowest BCUT2D eigenvalue weighted by Crippen LogP contribution is -2.51. The van der Waals surface area contributed by atoms with Crippen LogP contribution in [0.3, 0.4) is 0 Å². The fourth-order valence-corrected chi connectivity index (χ4v) is 9.68. The van der Waals surface area contributed by atoms with Gasteiger partial charge in [-0.25, -0.2) is 9.59 Å². The third kappa shape index (κ3) is 3.54. The maximum atomic E-state index is 13.0. The summed E-state index contributed by atoms with van der Waals surface area (Å²) in [6, 6.07) is 0. The van der Waals surface area contributed by atoms with Crippen molar-refractivity contribution in [2.45, 2.75) is 110 Å². The Morgan fingerprint density at radius 1 is 1.00 bits per heavy atom. The van der Waals surface area contributed by atoms with Gasteiger partial charge in [0.1, 0.15) is 11.7 Å². The summed E-state index contributed by atoms with van der Waals surface area (Å²) in [7, 11) is 0. The van der Waals surface area contributed by atoms with Gasteiger partial charge in [0.2, 0.25) is 5.60 Å². The van der Waals surface area contributed by atoms with Crippen LogP contribution in [-0.4, -0.2) is 35.2 Å². The second-order valence-corrected chi connectivity index (χ2v) is 14.0. The van der Waals surface area contributed by atoms with Gasteiger partial charge in [0.15, 0.2) is 0 Å². The average Bonchev–Trinajstić information content (AvgIpc) is 3.19. The van der Waals surface area contributed by atoms with Crippen LogP contribution in [0.1, 0.15) is 92.9 Å². The molecule has 0 amide bonds. The van der Waals surface area contributed by atoms with Gasteiger partial charge in [-0.1, -0.05) is 31.6 Å². The van der Waals surface area contributed by atoms with E-state index in [-0.39, 0.29) is 40.7 Å². The van der Waals surface area contributed by atoms with Crippen molar-refractivity contribution in [1.29, 1.82) is 0 Å². The number of hydrogen-bond acceptors (Lipinski definition) is 6. The number of carbonyl (C=O) groups is 3. The van der Waals surface area contributed by atoms with Gasteiger partial charge in [0.05, 0.1) is 0 Å². The van der Waals surface area contributed by atoms with E-state index in [0.29, 0.717) is 11.8 Å². The predicted molar refractivity (Wildman–Crippen MR) is 142 cm³/mol. The summed E-state index contributed by atoms with van der Waals surface area (Å²) >= 11 is 0. The van der Waals surface area contributed by atoms with E-state index in [0.717, 1.165) is 51.4 Å². The topological polar surface area (TPSA) is 78.9 Å². The van der Waals surface area contributed by atoms with Crippen molar-refractivity contribution in [1.82, 2.24) is 0 Å². The minimum Gasteiger partial charge on any atom is -0.459 e. The quantitative estimate of drug-likeness (QED) is 0.327. The minimum atomic E-state index is -1.17. The summed E-state index contributed by atoms with van der Waals surface area (Å²) < 4.78 is 17.4. The molecule has 2 saturated carbocycles. The molecule has 0 aromatic rings. The first-order valence-corrected chi connectivity index (χ1v) is 14.5. The standard InChI is InChI=1S/C32H42O6/c1-18(33)37-32(6)21-16-22(26(17-21)36-28(32)35)25-12-14-30(4)24-9-8-23-19(7-10-27(34)38-29(23,2)3)15-20(24)11-13-31(25,30)5/h7,10,15,21-23,25-26H,8-9,11-14,16-17H2,1-6H3/t21-,22+,23-,25-,26-,30+,31-,32-/m1/s1. The minimum absolute atomic E-state index is 0.0166. The lowest BCUT2D eigenvalue weighted by Gasteiger charge is -2.52. The molecule has 0 aromatic carbocycles. The average molecular weight is 523 g/mol. The van der Waals surface area contributed by atoms with E-state index < -0.39 is 17.2 Å². The van der Waals surface area contributed by atoms with E-state index in [4.69, 9.17) is 14.2 Å². The van der Waals surface area contributed by atoms with Crippen LogP contribution in [0.5, 0.6) is 0 Å². The fraction of sp³-hybridized carbons (Fsp3) is 0.719. The molecule has 0 radical (unpaired) electrons. The zero-order valence-corrected chi connectivity index (χ0v) is 23.7. The lowest BCUT2D eigenvalue weighted by molar-refractivity contribution is -0.197. The Bertz CT molecular complexity index is 1190. The van der Waals surface area contributed by atoms with Gasteiger partial charge in [-0.15, -0.1) is 0 Å². The van der Waals surface area contributed by atoms with Crippen LogP contribution in [-0.2, 0) is 28.6 Å². The number of fused-ring (bicyclic) bond motifs is 5. The van der Waals surface area contributed by atoms with E-state index >= 15 is 0 Å². The Labute approximate surface area is 226 Å². The third-order valence-electron chi connectivity index (χ3n) is 11.9. The number of allylic oxidation sites excluding steroid dienone is 4. The largest absolute Gasteiger partial charge is 0.459 e. The molecule has 0 N–H and O–H groups in total. The van der Waals surface area contributed by atoms with E-state index in [2.05, 4.69) is 19.9 Å². The lowest BCUT2D eigenvalue weighted by atomic mass is 9.52. The predicted octanol–water partition coefficient (Wildman–Crippen LogP) is 6.00. The first-order chi connectivity index (χ1) is 17.8. The van der Waals surface area contributed by atoms with Crippen LogP contribution in [0.15, 0.2) is 34.9 Å². The number of hydrogen-bond donors (Lipinski definition) is 0. The SMILES string of the molecule is CC(=O)O[C@@]1(C)C(=O)O[C@@H]2C[C@H]1C[C@H]2[C@H]1CC[C@@]2(C)C3=C(C=C4C=CC(=O)OC(C)(C)[C@@H]4CC3)CC[C@]12C. The second kappa shape index (κ2) is 8.32. The first kappa shape index (κ1) is 25.9. The summed E-state index contributed by atoms with van der Waals surface area (Å²) in [4.78, 5) is 37.0. The summed E-state index contributed by atoms with van der Waals surface area (Å²) in [5.41, 5.74) is 2.74. The molecule has 0 aromatic heterocycles. The Kier molecular flexibility index (Phi) is 5.66. The van der Waals surface area contributed by atoms with Gasteiger partial charge in [0.25, 0.3) is 0 Å². The van der Waals surface area contributed by atoms with E-state index in [1.807, 2.05) is 19.9 Å². The molecule has 4 aliphatic carbocycles. The van der Waals surface area contributed by atoms with Gasteiger partial charge in [0, 0.05) is 24.8 Å². The van der Waals surface area contributed by atoms with Crippen LogP contribution < -0.4 is 0 Å². The smallest absolute Gasteiger partial charge is 0.350 e. The molecule has 3 fully saturated rings. The molecule has 2 aliphatic heterocycles. The van der Waals surface area contributed by atoms with Crippen molar-refractivity contribution >= 4 is 17.9 Å². The highest BCUT2D eigenvalue weighted by molar-refractivity contribution is 5.84. The molecule has 0 unspecified atom stereocenters. The van der Waals surface area contributed by atoms with Crippen LogP contribution >= 0.6 is 0 Å². The van der Waals surface area contributed by atoms with E-state index in [1.165, 1.54) is 18.1 Å². The normalized spacial score (nSPS) is 45.1. The van der Waals surface area contributed by atoms with Crippen molar-refractivity contribution in [3.8, 4) is 0 Å². The number of esters is 3. The molecule has 206 valence electrons. The van der Waals surface area contributed by atoms with Gasteiger partial charge in [-0.3, -0.25) is 4.79 Å². The van der Waals surface area contributed by atoms with Crippen molar-refractivity contribution in [3.05, 3.63) is 34.9 Å². The first-order valence-electron chi connectivity index (χ1n) is 14.5. The second-order valence-electron chi connectivity index (χ2n) is 14.0. The Morgan fingerprint density at radius 2 is 1.76 bits per heavy atom. The molecule has 2 bridgehead atoms. The van der Waals surface area contributed by atoms with Gasteiger partial charge < -0.3 is 14.2 Å². The monoisotopic (exact) mass is 522 g/mol. The van der Waals surface area contributed by atoms with Crippen molar-refractivity contribution in [2.24, 2.45) is 34.5 Å². The maximum Gasteiger partial charge on any atom is 0.350 e. The Balaban J connectivity index is 1.31. The third-order valence-corrected chi connectivity index (χ3v) is 11.9. The van der Waals surface area contributed by atoms with Gasteiger partial charge in [-0.05, 0) is 106 Å². The van der Waals surface area contributed by atoms with Gasteiger partial charge >= 0.3 is 17.9 Å². The molecular weight excluding hydrogens is 480 g/mol. The van der Waals surface area contributed by atoms with E-state index in [9.17, 15) is 14.4 Å². The number of cyclic esters (lactones) is 1. The molecule has 6 aliphatic rings. The molecule has 38 heavy (non-hydrogen) atoms. The highest BCUT2D eigenvalue weighted by atomic mass is 16.6. The molecule has 6 nitrogen and oxygen atoms in total. The van der Waals surface area contributed by atoms with Gasteiger partial charge in [-0.2, -0.15) is 0 Å². The zero-order chi connectivity index (χ0) is 27.3. The van der Waals surface area contributed by atoms with Crippen molar-refractivity contribution in [2.75, 3.05) is 0 Å². The van der Waals surface area contributed by atoms with Crippen LogP contribution in [0, 0.1) is 34.5 Å². The highest BCUT2D eigenvalue weighted by Crippen LogP contribution is 2.70. The Hall–Kier alpha value is -2.37. The molecule has 2 heterocycles. The summed E-state index contributed by atoms with van der Waals surface area (Å²) in [6.07, 6.45) is 13.9. The number of rotatable bonds is 2. The van der Waals surface area contributed by atoms with E-state index in [1.54, 1.807) is 18.6 Å². The number of carbonyl (C=O) groups excluding carboxylic acids is 3. The summed E-state index contributed by atoms with van der Waals surface area (Å²) in [6.45, 7) is 12.2. The fourth-order valence-electron chi connectivity index (χ4n) is 9.68. The van der Waals surface area contributed by atoms with Crippen LogP contribution in [0.4, 0.5) is 0 Å².